The summed E-state index contributed by atoms with van der Waals surface area (Å²) in [6.45, 7) is 14.0. The van der Waals surface area contributed by atoms with Crippen LogP contribution < -0.4 is 5.32 Å². The summed E-state index contributed by atoms with van der Waals surface area (Å²) in [4.78, 5) is 19.4. The minimum atomic E-state index is -0.0536. The molecule has 1 aliphatic carbocycles. The molecule has 1 aromatic carbocycles. The highest BCUT2D eigenvalue weighted by atomic mass is 32.1. The second kappa shape index (κ2) is 7.84. The van der Waals surface area contributed by atoms with E-state index < -0.39 is 0 Å². The molecular formula is C25H33N3OS. The SMILES string of the molecule is CCc1ccc2c(c1)c(C)c(C(=O)Nc1nc3c(s1)CC(C(C)(C)C)CC3)n2CC. The summed E-state index contributed by atoms with van der Waals surface area (Å²) in [7, 11) is 0. The molecule has 2 aromatic heterocycles. The fourth-order valence-electron chi connectivity index (χ4n) is 4.73. The average Bonchev–Trinajstić information content (AvgIpc) is 3.23. The number of nitrogens with zero attached hydrogens (tertiary/aromatic N) is 2. The van der Waals surface area contributed by atoms with Gasteiger partial charge in [0, 0.05) is 22.3 Å². The number of fused-ring (bicyclic) bond motifs is 2. The summed E-state index contributed by atoms with van der Waals surface area (Å²) in [5.41, 5.74) is 5.71. The van der Waals surface area contributed by atoms with Crippen molar-refractivity contribution in [1.29, 1.82) is 0 Å². The van der Waals surface area contributed by atoms with Crippen LogP contribution in [0.3, 0.4) is 0 Å². The van der Waals surface area contributed by atoms with Crippen molar-refractivity contribution in [1.82, 2.24) is 9.55 Å². The number of aromatic nitrogens is 2. The van der Waals surface area contributed by atoms with E-state index in [1.165, 1.54) is 27.9 Å². The number of benzene rings is 1. The lowest BCUT2D eigenvalue weighted by molar-refractivity contribution is 0.101. The summed E-state index contributed by atoms with van der Waals surface area (Å²) >= 11 is 1.66. The monoisotopic (exact) mass is 423 g/mol. The largest absolute Gasteiger partial charge is 0.337 e. The van der Waals surface area contributed by atoms with E-state index in [2.05, 4.69) is 69.6 Å². The van der Waals surface area contributed by atoms with E-state index in [-0.39, 0.29) is 5.91 Å². The number of nitrogens with one attached hydrogen (secondary N) is 1. The number of hydrogen-bond acceptors (Lipinski definition) is 3. The van der Waals surface area contributed by atoms with Crippen LogP contribution in [0.4, 0.5) is 5.13 Å². The van der Waals surface area contributed by atoms with Crippen molar-refractivity contribution in [3.63, 3.8) is 0 Å². The number of carbonyl (C=O) groups is 1. The van der Waals surface area contributed by atoms with E-state index in [4.69, 9.17) is 4.98 Å². The lowest BCUT2D eigenvalue weighted by Gasteiger charge is -2.33. The second-order valence-corrected chi connectivity index (χ2v) is 10.7. The van der Waals surface area contributed by atoms with Gasteiger partial charge in [-0.25, -0.2) is 4.98 Å². The molecule has 0 radical (unpaired) electrons. The third-order valence-electron chi connectivity index (χ3n) is 6.71. The van der Waals surface area contributed by atoms with Gasteiger partial charge < -0.3 is 4.57 Å². The van der Waals surface area contributed by atoms with Gasteiger partial charge in [0.2, 0.25) is 0 Å². The van der Waals surface area contributed by atoms with Gasteiger partial charge in [-0.15, -0.1) is 11.3 Å². The number of amides is 1. The number of rotatable bonds is 4. The first-order valence-corrected chi connectivity index (χ1v) is 12.0. The summed E-state index contributed by atoms with van der Waals surface area (Å²) in [5, 5.41) is 5.03. The Bertz CT molecular complexity index is 1100. The van der Waals surface area contributed by atoms with Crippen LogP contribution >= 0.6 is 11.3 Å². The molecule has 0 bridgehead atoms. The zero-order chi connectivity index (χ0) is 21.6. The molecular weight excluding hydrogens is 390 g/mol. The lowest BCUT2D eigenvalue weighted by Crippen LogP contribution is -2.26. The first-order valence-electron chi connectivity index (χ1n) is 11.1. The molecule has 0 saturated heterocycles. The van der Waals surface area contributed by atoms with Gasteiger partial charge in [-0.3, -0.25) is 10.1 Å². The third kappa shape index (κ3) is 3.68. The topological polar surface area (TPSA) is 46.9 Å². The van der Waals surface area contributed by atoms with Crippen LogP contribution in [0.5, 0.6) is 0 Å². The summed E-state index contributed by atoms with van der Waals surface area (Å²) in [6, 6.07) is 6.54. The molecule has 1 unspecified atom stereocenters. The Morgan fingerprint density at radius 1 is 1.30 bits per heavy atom. The van der Waals surface area contributed by atoms with E-state index in [9.17, 15) is 4.79 Å². The lowest BCUT2D eigenvalue weighted by atomic mass is 9.73. The van der Waals surface area contributed by atoms with Crippen molar-refractivity contribution in [2.45, 2.75) is 73.8 Å². The molecule has 0 fully saturated rings. The van der Waals surface area contributed by atoms with E-state index >= 15 is 0 Å². The van der Waals surface area contributed by atoms with Crippen LogP contribution in [-0.4, -0.2) is 15.5 Å². The van der Waals surface area contributed by atoms with Crippen LogP contribution in [0.1, 0.15) is 73.2 Å². The number of anilines is 1. The molecule has 1 N–H and O–H groups in total. The minimum Gasteiger partial charge on any atom is -0.337 e. The molecule has 5 heteroatoms. The van der Waals surface area contributed by atoms with Crippen LogP contribution in [0.15, 0.2) is 18.2 Å². The molecule has 1 atom stereocenters. The van der Waals surface area contributed by atoms with Crippen LogP contribution in [-0.2, 0) is 25.8 Å². The molecule has 1 amide bonds. The normalized spacial score (nSPS) is 16.7. The van der Waals surface area contributed by atoms with Gasteiger partial charge >= 0.3 is 0 Å². The molecule has 0 saturated carbocycles. The van der Waals surface area contributed by atoms with Crippen molar-refractivity contribution >= 4 is 33.3 Å². The van der Waals surface area contributed by atoms with E-state index in [1.807, 2.05) is 0 Å². The quantitative estimate of drug-likeness (QED) is 0.528. The van der Waals surface area contributed by atoms with Crippen molar-refractivity contribution in [3.05, 3.63) is 45.6 Å². The molecule has 2 heterocycles. The zero-order valence-corrected chi connectivity index (χ0v) is 19.9. The Balaban J connectivity index is 1.63. The zero-order valence-electron chi connectivity index (χ0n) is 19.1. The van der Waals surface area contributed by atoms with Gasteiger partial charge in [-0.05, 0) is 74.1 Å². The van der Waals surface area contributed by atoms with Gasteiger partial charge in [-0.2, -0.15) is 0 Å². The van der Waals surface area contributed by atoms with Crippen LogP contribution in [0, 0.1) is 18.3 Å². The molecule has 160 valence electrons. The fraction of sp³-hybridized carbons (Fsp3) is 0.520. The Kier molecular flexibility index (Phi) is 5.52. The number of thiazole rings is 1. The number of carbonyl (C=O) groups excluding carboxylic acids is 1. The smallest absolute Gasteiger partial charge is 0.274 e. The Labute approximate surface area is 183 Å². The maximum atomic E-state index is 13.3. The molecule has 0 aliphatic heterocycles. The van der Waals surface area contributed by atoms with Crippen molar-refractivity contribution in [2.24, 2.45) is 11.3 Å². The van der Waals surface area contributed by atoms with Crippen LogP contribution in [0.25, 0.3) is 10.9 Å². The maximum Gasteiger partial charge on any atom is 0.274 e. The number of aryl methyl sites for hydroxylation is 4. The summed E-state index contributed by atoms with van der Waals surface area (Å²) < 4.78 is 2.13. The van der Waals surface area contributed by atoms with Gasteiger partial charge in [0.1, 0.15) is 5.69 Å². The molecule has 4 rings (SSSR count). The maximum absolute atomic E-state index is 13.3. The second-order valence-electron chi connectivity index (χ2n) is 9.57. The predicted octanol–water partition coefficient (Wildman–Crippen LogP) is 6.39. The molecule has 30 heavy (non-hydrogen) atoms. The van der Waals surface area contributed by atoms with Crippen molar-refractivity contribution in [2.75, 3.05) is 5.32 Å². The molecule has 4 nitrogen and oxygen atoms in total. The minimum absolute atomic E-state index is 0.0536. The highest BCUT2D eigenvalue weighted by Crippen LogP contribution is 2.40. The van der Waals surface area contributed by atoms with Gasteiger partial charge in [0.15, 0.2) is 5.13 Å². The van der Waals surface area contributed by atoms with E-state index in [0.29, 0.717) is 11.3 Å². The van der Waals surface area contributed by atoms with E-state index in [1.54, 1.807) is 11.3 Å². The Morgan fingerprint density at radius 3 is 2.73 bits per heavy atom. The molecule has 1 aliphatic rings. The average molecular weight is 424 g/mol. The third-order valence-corrected chi connectivity index (χ3v) is 7.74. The summed E-state index contributed by atoms with van der Waals surface area (Å²) in [5.74, 6) is 0.619. The first-order chi connectivity index (χ1) is 14.2. The Morgan fingerprint density at radius 2 is 2.07 bits per heavy atom. The van der Waals surface area contributed by atoms with Crippen LogP contribution in [0.2, 0.25) is 0 Å². The van der Waals surface area contributed by atoms with Gasteiger partial charge in [0.05, 0.1) is 5.69 Å². The standard InChI is InChI=1S/C25H33N3OS/c1-7-16-9-12-20-18(13-16)15(3)22(28(20)8-2)23(29)27-24-26-19-11-10-17(25(4,5)6)14-21(19)30-24/h9,12-13,17H,7-8,10-11,14H2,1-6H3,(H,26,27,29). The first kappa shape index (κ1) is 21.1. The predicted molar refractivity (Wildman–Crippen MR) is 127 cm³/mol. The molecule has 3 aromatic rings. The highest BCUT2D eigenvalue weighted by Gasteiger charge is 2.31. The van der Waals surface area contributed by atoms with Crippen molar-refractivity contribution < 1.29 is 4.79 Å². The van der Waals surface area contributed by atoms with Gasteiger partial charge in [0.25, 0.3) is 5.91 Å². The molecule has 0 spiro atoms. The summed E-state index contributed by atoms with van der Waals surface area (Å²) in [6.07, 6.45) is 4.25. The number of hydrogen-bond donors (Lipinski definition) is 1. The van der Waals surface area contributed by atoms with Gasteiger partial charge in [-0.1, -0.05) is 33.8 Å². The Hall–Kier alpha value is -2.14. The van der Waals surface area contributed by atoms with E-state index in [0.717, 1.165) is 47.7 Å². The fourth-order valence-corrected chi connectivity index (χ4v) is 5.82. The highest BCUT2D eigenvalue weighted by molar-refractivity contribution is 7.15. The van der Waals surface area contributed by atoms with Crippen molar-refractivity contribution in [3.8, 4) is 0 Å².